The summed E-state index contributed by atoms with van der Waals surface area (Å²) in [6.45, 7) is 6.30. The molecule has 2 aromatic rings. The van der Waals surface area contributed by atoms with Crippen molar-refractivity contribution in [1.82, 2.24) is 9.97 Å². The molecule has 19 heavy (non-hydrogen) atoms. The number of nitrogens with zero attached hydrogens (tertiary/aromatic N) is 1. The molecule has 3 N–H and O–H groups in total. The zero-order valence-electron chi connectivity index (χ0n) is 11.3. The number of aryl methyl sites for hydroxylation is 3. The minimum atomic E-state index is -0.216. The molecule has 0 bridgehead atoms. The van der Waals surface area contributed by atoms with E-state index < -0.39 is 0 Å². The number of aromatic amines is 1. The molecule has 0 aliphatic rings. The Morgan fingerprint density at radius 2 is 1.84 bits per heavy atom. The Balaban J connectivity index is 2.19. The molecule has 0 aliphatic heterocycles. The third-order valence-electron chi connectivity index (χ3n) is 3.06. The monoisotopic (exact) mass is 275 g/mol. The number of benzene rings is 1. The molecule has 0 amide bonds. The Kier molecular flexibility index (Phi) is 3.95. The van der Waals surface area contributed by atoms with Crippen LogP contribution >= 0.6 is 11.8 Å². The second kappa shape index (κ2) is 5.48. The highest BCUT2D eigenvalue weighted by molar-refractivity contribution is 7.98. The van der Waals surface area contributed by atoms with Gasteiger partial charge in [-0.3, -0.25) is 4.79 Å². The normalized spacial score (nSPS) is 10.7. The van der Waals surface area contributed by atoms with Gasteiger partial charge in [0.25, 0.3) is 5.56 Å². The van der Waals surface area contributed by atoms with Gasteiger partial charge in [-0.15, -0.1) is 0 Å². The maximum atomic E-state index is 11.3. The van der Waals surface area contributed by atoms with Gasteiger partial charge >= 0.3 is 0 Å². The van der Waals surface area contributed by atoms with Crippen LogP contribution in [0, 0.1) is 20.8 Å². The van der Waals surface area contributed by atoms with Gasteiger partial charge in [-0.1, -0.05) is 23.9 Å². The van der Waals surface area contributed by atoms with Crippen molar-refractivity contribution in [2.75, 3.05) is 5.73 Å². The van der Waals surface area contributed by atoms with Crippen molar-refractivity contribution in [3.05, 3.63) is 50.8 Å². The molecule has 4 nitrogen and oxygen atoms in total. The molecule has 0 spiro atoms. The Morgan fingerprint density at radius 1 is 1.16 bits per heavy atom. The lowest BCUT2D eigenvalue weighted by molar-refractivity contribution is 0.944. The van der Waals surface area contributed by atoms with Gasteiger partial charge in [-0.25, -0.2) is 4.98 Å². The van der Waals surface area contributed by atoms with Crippen molar-refractivity contribution in [3.8, 4) is 0 Å². The molecule has 0 unspecified atom stereocenters. The zero-order valence-corrected chi connectivity index (χ0v) is 12.1. The highest BCUT2D eigenvalue weighted by atomic mass is 32.2. The van der Waals surface area contributed by atoms with E-state index in [1.165, 1.54) is 40.1 Å². The first-order valence-corrected chi connectivity index (χ1v) is 7.00. The number of aromatic nitrogens is 2. The molecule has 5 heteroatoms. The van der Waals surface area contributed by atoms with Gasteiger partial charge in [0, 0.05) is 11.8 Å². The fourth-order valence-corrected chi connectivity index (χ4v) is 2.79. The van der Waals surface area contributed by atoms with Crippen LogP contribution in [0.2, 0.25) is 0 Å². The van der Waals surface area contributed by atoms with Crippen molar-refractivity contribution < 1.29 is 0 Å². The van der Waals surface area contributed by atoms with Crippen LogP contribution < -0.4 is 11.3 Å². The van der Waals surface area contributed by atoms with Gasteiger partial charge in [0.15, 0.2) is 5.16 Å². The molecule has 0 saturated heterocycles. The van der Waals surface area contributed by atoms with Crippen LogP contribution in [-0.2, 0) is 5.75 Å². The summed E-state index contributed by atoms with van der Waals surface area (Å²) in [5.74, 6) is 1.02. The first kappa shape index (κ1) is 13.7. The SMILES string of the molecule is Cc1cc(C)c(CSc2nc(N)cc(=O)[nH]2)cc1C. The van der Waals surface area contributed by atoms with E-state index in [1.807, 2.05) is 0 Å². The number of hydrogen-bond acceptors (Lipinski definition) is 4. The summed E-state index contributed by atoms with van der Waals surface area (Å²) >= 11 is 1.48. The summed E-state index contributed by atoms with van der Waals surface area (Å²) in [6, 6.07) is 5.65. The van der Waals surface area contributed by atoms with E-state index >= 15 is 0 Å². The minimum absolute atomic E-state index is 0.216. The lowest BCUT2D eigenvalue weighted by Crippen LogP contribution is -2.09. The Hall–Kier alpha value is -1.75. The van der Waals surface area contributed by atoms with Crippen LogP contribution in [0.15, 0.2) is 28.2 Å². The quantitative estimate of drug-likeness (QED) is 0.667. The summed E-state index contributed by atoms with van der Waals surface area (Å²) in [7, 11) is 0. The van der Waals surface area contributed by atoms with Gasteiger partial charge in [0.05, 0.1) is 0 Å². The molecule has 100 valence electrons. The van der Waals surface area contributed by atoms with Crippen LogP contribution in [0.5, 0.6) is 0 Å². The standard InChI is InChI=1S/C14H17N3OS/c1-8-4-10(3)11(5-9(8)2)7-19-14-16-12(15)6-13(18)17-14/h4-6H,7H2,1-3H3,(H3,15,16,17,18). The van der Waals surface area contributed by atoms with Gasteiger partial charge in [0.2, 0.25) is 0 Å². The molecule has 1 heterocycles. The number of nitrogen functional groups attached to an aromatic ring is 1. The first-order valence-electron chi connectivity index (χ1n) is 6.02. The molecule has 0 aliphatic carbocycles. The van der Waals surface area contributed by atoms with E-state index in [9.17, 15) is 4.79 Å². The first-order chi connectivity index (χ1) is 8.95. The highest BCUT2D eigenvalue weighted by Gasteiger charge is 2.05. The number of rotatable bonds is 3. The maximum Gasteiger partial charge on any atom is 0.253 e. The van der Waals surface area contributed by atoms with Crippen LogP contribution in [-0.4, -0.2) is 9.97 Å². The largest absolute Gasteiger partial charge is 0.383 e. The summed E-state index contributed by atoms with van der Waals surface area (Å²) in [6.07, 6.45) is 0. The molecular formula is C14H17N3OS. The lowest BCUT2D eigenvalue weighted by atomic mass is 10.0. The van der Waals surface area contributed by atoms with E-state index in [2.05, 4.69) is 42.9 Å². The Labute approximate surface area is 116 Å². The molecule has 0 radical (unpaired) electrons. The van der Waals surface area contributed by atoms with Gasteiger partial charge in [-0.05, 0) is 43.0 Å². The van der Waals surface area contributed by atoms with E-state index in [0.717, 1.165) is 5.75 Å². The van der Waals surface area contributed by atoms with E-state index in [0.29, 0.717) is 5.16 Å². The average molecular weight is 275 g/mol. The van der Waals surface area contributed by atoms with Crippen LogP contribution in [0.4, 0.5) is 5.82 Å². The molecular weight excluding hydrogens is 258 g/mol. The van der Waals surface area contributed by atoms with Crippen molar-refractivity contribution >= 4 is 17.6 Å². The topological polar surface area (TPSA) is 71.8 Å². The number of nitrogens with two attached hydrogens (primary N) is 1. The average Bonchev–Trinajstić information content (AvgIpc) is 2.31. The van der Waals surface area contributed by atoms with Crippen molar-refractivity contribution in [1.29, 1.82) is 0 Å². The third kappa shape index (κ3) is 3.38. The molecule has 1 aromatic heterocycles. The predicted molar refractivity (Wildman–Crippen MR) is 79.5 cm³/mol. The Bertz CT molecular complexity index is 664. The van der Waals surface area contributed by atoms with E-state index in [1.54, 1.807) is 0 Å². The van der Waals surface area contributed by atoms with Crippen molar-refractivity contribution in [2.45, 2.75) is 31.7 Å². The van der Waals surface area contributed by atoms with Crippen LogP contribution in [0.3, 0.4) is 0 Å². The van der Waals surface area contributed by atoms with E-state index in [-0.39, 0.29) is 11.4 Å². The van der Waals surface area contributed by atoms with Gasteiger partial charge < -0.3 is 10.7 Å². The summed E-state index contributed by atoms with van der Waals surface area (Å²) in [5, 5.41) is 0.558. The second-order valence-corrected chi connectivity index (χ2v) is 5.59. The van der Waals surface area contributed by atoms with Gasteiger partial charge in [0.1, 0.15) is 5.82 Å². The smallest absolute Gasteiger partial charge is 0.253 e. The summed E-state index contributed by atoms with van der Waals surface area (Å²) in [4.78, 5) is 18.1. The maximum absolute atomic E-state index is 11.3. The summed E-state index contributed by atoms with van der Waals surface area (Å²) < 4.78 is 0. The van der Waals surface area contributed by atoms with Crippen molar-refractivity contribution in [3.63, 3.8) is 0 Å². The summed E-state index contributed by atoms with van der Waals surface area (Å²) in [5.41, 5.74) is 10.4. The second-order valence-electron chi connectivity index (χ2n) is 4.63. The van der Waals surface area contributed by atoms with Crippen LogP contribution in [0.1, 0.15) is 22.3 Å². The zero-order chi connectivity index (χ0) is 14.0. The number of H-pyrrole nitrogens is 1. The minimum Gasteiger partial charge on any atom is -0.383 e. The van der Waals surface area contributed by atoms with Crippen molar-refractivity contribution in [2.24, 2.45) is 0 Å². The van der Waals surface area contributed by atoms with Gasteiger partial charge in [-0.2, -0.15) is 0 Å². The molecule has 0 atom stereocenters. The molecule has 0 saturated carbocycles. The fraction of sp³-hybridized carbons (Fsp3) is 0.286. The predicted octanol–water partition coefficient (Wildman–Crippen LogP) is 2.57. The fourth-order valence-electron chi connectivity index (χ4n) is 1.84. The lowest BCUT2D eigenvalue weighted by Gasteiger charge is -2.09. The number of hydrogen-bond donors (Lipinski definition) is 2. The van der Waals surface area contributed by atoms with Crippen LogP contribution in [0.25, 0.3) is 0 Å². The third-order valence-corrected chi connectivity index (χ3v) is 3.98. The highest BCUT2D eigenvalue weighted by Crippen LogP contribution is 2.23. The molecule has 0 fully saturated rings. The number of nitrogens with one attached hydrogen (secondary N) is 1. The van der Waals surface area contributed by atoms with E-state index in [4.69, 9.17) is 5.73 Å². The number of anilines is 1. The molecule has 2 rings (SSSR count). The number of thioether (sulfide) groups is 1. The Morgan fingerprint density at radius 3 is 2.53 bits per heavy atom. The molecule has 1 aromatic carbocycles.